The van der Waals surface area contributed by atoms with Crippen LogP contribution in [0.5, 0.6) is 0 Å². The molecule has 144 valence electrons. The van der Waals surface area contributed by atoms with Crippen LogP contribution in [0.4, 0.5) is 0 Å². The first-order valence-electron chi connectivity index (χ1n) is 10.4. The molecule has 0 bridgehead atoms. The van der Waals surface area contributed by atoms with E-state index in [2.05, 4.69) is 20.8 Å². The van der Waals surface area contributed by atoms with E-state index in [1.165, 1.54) is 77.0 Å². The second-order valence-electron chi connectivity index (χ2n) is 9.49. The summed E-state index contributed by atoms with van der Waals surface area (Å²) in [5.41, 5.74) is -0.0454. The van der Waals surface area contributed by atoms with Gasteiger partial charge in [-0.1, -0.05) is 97.8 Å². The SMILES string of the molecule is CC(C)(C)CCCCCCCCCCCCCCC(C)(C)C(=O)O. The first-order valence-corrected chi connectivity index (χ1v) is 10.4. The van der Waals surface area contributed by atoms with Gasteiger partial charge in [-0.05, 0) is 32.1 Å². The summed E-state index contributed by atoms with van der Waals surface area (Å²) in [6, 6.07) is 0. The molecule has 2 nitrogen and oxygen atoms in total. The molecule has 1 N–H and O–H groups in total. The molecule has 0 aromatic heterocycles. The van der Waals surface area contributed by atoms with Crippen LogP contribution in [-0.4, -0.2) is 11.1 Å². The van der Waals surface area contributed by atoms with E-state index in [0.717, 1.165) is 12.8 Å². The summed E-state index contributed by atoms with van der Waals surface area (Å²) in [5, 5.41) is 9.07. The van der Waals surface area contributed by atoms with Crippen molar-refractivity contribution in [3.63, 3.8) is 0 Å². The highest BCUT2D eigenvalue weighted by molar-refractivity contribution is 5.73. The van der Waals surface area contributed by atoms with Crippen molar-refractivity contribution in [1.82, 2.24) is 0 Å². The predicted octanol–water partition coefficient (Wildman–Crippen LogP) is 7.60. The number of carboxylic acids is 1. The standard InChI is InChI=1S/C22H44O2/c1-21(2,3)18-16-14-12-10-8-6-7-9-11-13-15-17-19-22(4,5)20(23)24/h6-19H2,1-5H3,(H,23,24). The number of hydrogen-bond acceptors (Lipinski definition) is 1. The van der Waals surface area contributed by atoms with E-state index >= 15 is 0 Å². The van der Waals surface area contributed by atoms with Gasteiger partial charge in [0.05, 0.1) is 5.41 Å². The zero-order valence-corrected chi connectivity index (χ0v) is 17.3. The maximum Gasteiger partial charge on any atom is 0.309 e. The van der Waals surface area contributed by atoms with Crippen LogP contribution in [0.1, 0.15) is 125 Å². The summed E-state index contributed by atoms with van der Waals surface area (Å²) < 4.78 is 0. The summed E-state index contributed by atoms with van der Waals surface area (Å²) >= 11 is 0. The van der Waals surface area contributed by atoms with Gasteiger partial charge in [0.25, 0.3) is 0 Å². The summed E-state index contributed by atoms with van der Waals surface area (Å²) in [6.07, 6.45) is 18.1. The predicted molar refractivity (Wildman–Crippen MR) is 106 cm³/mol. The average molecular weight is 341 g/mol. The van der Waals surface area contributed by atoms with Crippen molar-refractivity contribution in [2.75, 3.05) is 0 Å². The highest BCUT2D eigenvalue weighted by Gasteiger charge is 2.25. The molecule has 0 fully saturated rings. The third-order valence-electron chi connectivity index (χ3n) is 5.06. The van der Waals surface area contributed by atoms with E-state index in [0.29, 0.717) is 5.41 Å². The lowest BCUT2D eigenvalue weighted by molar-refractivity contribution is -0.147. The highest BCUT2D eigenvalue weighted by Crippen LogP contribution is 2.24. The van der Waals surface area contributed by atoms with E-state index in [-0.39, 0.29) is 0 Å². The van der Waals surface area contributed by atoms with Crippen LogP contribution in [0, 0.1) is 10.8 Å². The second-order valence-corrected chi connectivity index (χ2v) is 9.49. The zero-order valence-electron chi connectivity index (χ0n) is 17.3. The normalized spacial score (nSPS) is 12.5. The Morgan fingerprint density at radius 2 is 0.875 bits per heavy atom. The largest absolute Gasteiger partial charge is 0.481 e. The Morgan fingerprint density at radius 1 is 0.583 bits per heavy atom. The molecule has 2 heteroatoms. The Kier molecular flexibility index (Phi) is 12.5. The van der Waals surface area contributed by atoms with Crippen LogP contribution in [0.2, 0.25) is 0 Å². The third-order valence-corrected chi connectivity index (χ3v) is 5.06. The van der Waals surface area contributed by atoms with Crippen LogP contribution in [-0.2, 0) is 4.79 Å². The summed E-state index contributed by atoms with van der Waals surface area (Å²) in [4.78, 5) is 11.0. The number of carboxylic acid groups (broad SMARTS) is 1. The van der Waals surface area contributed by atoms with Gasteiger partial charge in [0.15, 0.2) is 0 Å². The summed E-state index contributed by atoms with van der Waals surface area (Å²) in [7, 11) is 0. The van der Waals surface area contributed by atoms with Crippen LogP contribution in [0.25, 0.3) is 0 Å². The minimum Gasteiger partial charge on any atom is -0.481 e. The fourth-order valence-electron chi connectivity index (χ4n) is 3.10. The topological polar surface area (TPSA) is 37.3 Å². The van der Waals surface area contributed by atoms with Crippen molar-refractivity contribution in [3.05, 3.63) is 0 Å². The molecule has 0 radical (unpaired) electrons. The van der Waals surface area contributed by atoms with E-state index in [9.17, 15) is 4.79 Å². The Labute approximate surface area is 151 Å². The van der Waals surface area contributed by atoms with Gasteiger partial charge >= 0.3 is 5.97 Å². The summed E-state index contributed by atoms with van der Waals surface area (Å²) in [6.45, 7) is 10.7. The van der Waals surface area contributed by atoms with Crippen molar-refractivity contribution in [3.8, 4) is 0 Å². The molecule has 0 aromatic carbocycles. The average Bonchev–Trinajstić information content (AvgIpc) is 2.46. The van der Waals surface area contributed by atoms with Crippen molar-refractivity contribution in [2.45, 2.75) is 125 Å². The van der Waals surface area contributed by atoms with Crippen molar-refractivity contribution in [2.24, 2.45) is 10.8 Å². The van der Waals surface area contributed by atoms with Gasteiger partial charge in [-0.2, -0.15) is 0 Å². The van der Waals surface area contributed by atoms with Crippen molar-refractivity contribution < 1.29 is 9.90 Å². The smallest absolute Gasteiger partial charge is 0.309 e. The Hall–Kier alpha value is -0.530. The monoisotopic (exact) mass is 340 g/mol. The van der Waals surface area contributed by atoms with Crippen molar-refractivity contribution in [1.29, 1.82) is 0 Å². The molecule has 0 aliphatic heterocycles. The molecule has 0 aliphatic rings. The van der Waals surface area contributed by atoms with Gasteiger partial charge in [0, 0.05) is 0 Å². The number of unbranched alkanes of at least 4 members (excludes halogenated alkanes) is 11. The van der Waals surface area contributed by atoms with Gasteiger partial charge in [-0.25, -0.2) is 0 Å². The fourth-order valence-corrected chi connectivity index (χ4v) is 3.10. The molecule has 0 saturated heterocycles. The van der Waals surface area contributed by atoms with Gasteiger partial charge in [0.2, 0.25) is 0 Å². The third kappa shape index (κ3) is 15.0. The lowest BCUT2D eigenvalue weighted by atomic mass is 9.87. The molecule has 0 heterocycles. The maximum absolute atomic E-state index is 11.0. The molecule has 0 rings (SSSR count). The molecule has 24 heavy (non-hydrogen) atoms. The lowest BCUT2D eigenvalue weighted by Crippen LogP contribution is -2.23. The molecule has 0 spiro atoms. The zero-order chi connectivity index (χ0) is 18.5. The van der Waals surface area contributed by atoms with E-state index < -0.39 is 11.4 Å². The van der Waals surface area contributed by atoms with Gasteiger partial charge in [-0.15, -0.1) is 0 Å². The molecule has 0 atom stereocenters. The molecular weight excluding hydrogens is 296 g/mol. The second kappa shape index (κ2) is 12.8. The molecule has 0 unspecified atom stereocenters. The van der Waals surface area contributed by atoms with E-state index in [1.54, 1.807) is 0 Å². The fraction of sp³-hybridized carbons (Fsp3) is 0.955. The Bertz CT molecular complexity index is 312. The minimum absolute atomic E-state index is 0.503. The number of aliphatic carboxylic acids is 1. The number of hydrogen-bond donors (Lipinski definition) is 1. The molecule has 0 aliphatic carbocycles. The molecule has 0 saturated carbocycles. The number of rotatable bonds is 15. The van der Waals surface area contributed by atoms with Gasteiger partial charge in [0.1, 0.15) is 0 Å². The van der Waals surface area contributed by atoms with Crippen LogP contribution < -0.4 is 0 Å². The van der Waals surface area contributed by atoms with Crippen LogP contribution in [0.3, 0.4) is 0 Å². The Morgan fingerprint density at radius 3 is 1.17 bits per heavy atom. The summed E-state index contributed by atoms with van der Waals surface area (Å²) in [5.74, 6) is -0.666. The van der Waals surface area contributed by atoms with Gasteiger partial charge in [-0.3, -0.25) is 4.79 Å². The Balaban J connectivity index is 3.22. The number of carbonyl (C=O) groups is 1. The molecule has 0 amide bonds. The maximum atomic E-state index is 11.0. The minimum atomic E-state index is -0.666. The lowest BCUT2D eigenvalue weighted by Gasteiger charge is -2.18. The highest BCUT2D eigenvalue weighted by atomic mass is 16.4. The molecule has 0 aromatic rings. The first-order chi connectivity index (χ1) is 11.2. The van der Waals surface area contributed by atoms with Gasteiger partial charge < -0.3 is 5.11 Å². The molecular formula is C22H44O2. The van der Waals surface area contributed by atoms with Crippen molar-refractivity contribution >= 4 is 5.97 Å². The van der Waals surface area contributed by atoms with E-state index in [4.69, 9.17) is 5.11 Å². The van der Waals surface area contributed by atoms with E-state index in [1.807, 2.05) is 13.8 Å². The van der Waals surface area contributed by atoms with Crippen LogP contribution in [0.15, 0.2) is 0 Å². The van der Waals surface area contributed by atoms with Crippen LogP contribution >= 0.6 is 0 Å². The first kappa shape index (κ1) is 23.5. The quantitative estimate of drug-likeness (QED) is 0.311.